The van der Waals surface area contributed by atoms with Crippen LogP contribution in [0.5, 0.6) is 0 Å². The minimum absolute atomic E-state index is 0.770. The van der Waals surface area contributed by atoms with Gasteiger partial charge in [-0.25, -0.2) is 0 Å². The van der Waals surface area contributed by atoms with E-state index in [1.165, 1.54) is 38.6 Å². The highest BCUT2D eigenvalue weighted by Crippen LogP contribution is 2.10. The molecule has 0 bridgehead atoms. The summed E-state index contributed by atoms with van der Waals surface area (Å²) in [4.78, 5) is 0. The summed E-state index contributed by atoms with van der Waals surface area (Å²) in [5.41, 5.74) is 0. The maximum Gasteiger partial charge on any atom is 0.0468 e. The molecule has 1 fully saturated rings. The number of nitrogens with one attached hydrogen (secondary N) is 1. The second-order valence-corrected chi connectivity index (χ2v) is 4.73. The maximum absolute atomic E-state index is 5.58. The third kappa shape index (κ3) is 5.61. The lowest BCUT2D eigenvalue weighted by Crippen LogP contribution is -2.21. The molecule has 2 heteroatoms. The zero-order valence-corrected chi connectivity index (χ0v) is 9.72. The molecule has 0 aromatic carbocycles. The third-order valence-corrected chi connectivity index (χ3v) is 2.84. The summed E-state index contributed by atoms with van der Waals surface area (Å²) in [6.45, 7) is 7.59. The van der Waals surface area contributed by atoms with Gasteiger partial charge in [-0.1, -0.05) is 13.8 Å². The molecular formula is C12H25NO. The molecule has 1 rings (SSSR count). The molecule has 0 amide bonds. The van der Waals surface area contributed by atoms with Crippen LogP contribution in [0, 0.1) is 5.92 Å². The normalized spacial score (nSPS) is 22.1. The van der Waals surface area contributed by atoms with E-state index in [0.717, 1.165) is 25.2 Å². The smallest absolute Gasteiger partial charge is 0.0468 e. The van der Waals surface area contributed by atoms with Gasteiger partial charge in [-0.3, -0.25) is 0 Å². The molecule has 14 heavy (non-hydrogen) atoms. The Kier molecular flexibility index (Phi) is 6.20. The lowest BCUT2D eigenvalue weighted by molar-refractivity contribution is 0.118. The standard InChI is InChI=1S/C12H25NO/c1-11(2)7-10-14-9-4-6-12-5-3-8-13-12/h11-13H,3-10H2,1-2H3. The van der Waals surface area contributed by atoms with Gasteiger partial charge in [0.1, 0.15) is 0 Å². The molecule has 1 N–H and O–H groups in total. The molecule has 0 saturated carbocycles. The van der Waals surface area contributed by atoms with Crippen LogP contribution in [0.25, 0.3) is 0 Å². The minimum Gasteiger partial charge on any atom is -0.381 e. The predicted molar refractivity (Wildman–Crippen MR) is 60.5 cm³/mol. The first-order valence-electron chi connectivity index (χ1n) is 6.10. The summed E-state index contributed by atoms with van der Waals surface area (Å²) in [6, 6.07) is 0.781. The highest BCUT2D eigenvalue weighted by Gasteiger charge is 2.12. The molecule has 1 aliphatic heterocycles. The number of ether oxygens (including phenoxy) is 1. The van der Waals surface area contributed by atoms with Crippen molar-refractivity contribution in [3.8, 4) is 0 Å². The summed E-state index contributed by atoms with van der Waals surface area (Å²) in [6.07, 6.45) is 6.43. The highest BCUT2D eigenvalue weighted by molar-refractivity contribution is 4.73. The van der Waals surface area contributed by atoms with Crippen LogP contribution in [-0.2, 0) is 4.74 Å². The molecule has 2 nitrogen and oxygen atoms in total. The lowest BCUT2D eigenvalue weighted by atomic mass is 10.1. The summed E-state index contributed by atoms with van der Waals surface area (Å²) in [7, 11) is 0. The molecule has 1 atom stereocenters. The van der Waals surface area contributed by atoms with Crippen LogP contribution in [0.4, 0.5) is 0 Å². The van der Waals surface area contributed by atoms with E-state index in [4.69, 9.17) is 4.74 Å². The van der Waals surface area contributed by atoms with E-state index in [0.29, 0.717) is 0 Å². The largest absolute Gasteiger partial charge is 0.381 e. The first kappa shape index (κ1) is 12.0. The van der Waals surface area contributed by atoms with Gasteiger partial charge in [0.15, 0.2) is 0 Å². The Balaban J connectivity index is 1.79. The molecule has 0 aromatic heterocycles. The number of hydrogen-bond acceptors (Lipinski definition) is 2. The maximum atomic E-state index is 5.58. The molecular weight excluding hydrogens is 174 g/mol. The van der Waals surface area contributed by atoms with Crippen LogP contribution in [0.2, 0.25) is 0 Å². The summed E-state index contributed by atoms with van der Waals surface area (Å²) in [5, 5.41) is 3.51. The number of hydrogen-bond donors (Lipinski definition) is 1. The summed E-state index contributed by atoms with van der Waals surface area (Å²) in [5.74, 6) is 0.770. The molecule has 1 unspecified atom stereocenters. The van der Waals surface area contributed by atoms with Crippen molar-refractivity contribution in [3.05, 3.63) is 0 Å². The fraction of sp³-hybridized carbons (Fsp3) is 1.00. The first-order valence-corrected chi connectivity index (χ1v) is 6.10. The predicted octanol–water partition coefficient (Wildman–Crippen LogP) is 2.58. The van der Waals surface area contributed by atoms with E-state index in [-0.39, 0.29) is 0 Å². The van der Waals surface area contributed by atoms with E-state index in [2.05, 4.69) is 19.2 Å². The molecule has 0 aromatic rings. The van der Waals surface area contributed by atoms with Crippen molar-refractivity contribution in [2.45, 2.75) is 52.0 Å². The molecule has 0 spiro atoms. The van der Waals surface area contributed by atoms with Crippen LogP contribution in [-0.4, -0.2) is 25.8 Å². The Bertz CT molecular complexity index is 130. The Morgan fingerprint density at radius 3 is 2.86 bits per heavy atom. The van der Waals surface area contributed by atoms with Gasteiger partial charge in [-0.05, 0) is 44.6 Å². The molecule has 1 aliphatic rings. The molecule has 0 radical (unpaired) electrons. The third-order valence-electron chi connectivity index (χ3n) is 2.84. The quantitative estimate of drug-likeness (QED) is 0.636. The Labute approximate surface area is 88.4 Å². The van der Waals surface area contributed by atoms with Gasteiger partial charge in [0.2, 0.25) is 0 Å². The Hall–Kier alpha value is -0.0800. The van der Waals surface area contributed by atoms with Crippen molar-refractivity contribution in [2.24, 2.45) is 5.92 Å². The van der Waals surface area contributed by atoms with Gasteiger partial charge in [-0.15, -0.1) is 0 Å². The first-order chi connectivity index (χ1) is 6.79. The molecule has 1 heterocycles. The Morgan fingerprint density at radius 2 is 2.21 bits per heavy atom. The van der Waals surface area contributed by atoms with Gasteiger partial charge in [0.25, 0.3) is 0 Å². The number of rotatable bonds is 7. The van der Waals surface area contributed by atoms with E-state index in [1.54, 1.807) is 0 Å². The second-order valence-electron chi connectivity index (χ2n) is 4.73. The zero-order chi connectivity index (χ0) is 10.2. The second kappa shape index (κ2) is 7.24. The molecule has 0 aliphatic carbocycles. The van der Waals surface area contributed by atoms with E-state index in [9.17, 15) is 0 Å². The fourth-order valence-corrected chi connectivity index (χ4v) is 1.86. The minimum atomic E-state index is 0.770. The van der Waals surface area contributed by atoms with E-state index in [1.807, 2.05) is 0 Å². The van der Waals surface area contributed by atoms with E-state index < -0.39 is 0 Å². The van der Waals surface area contributed by atoms with Crippen molar-refractivity contribution >= 4 is 0 Å². The molecule has 1 saturated heterocycles. The topological polar surface area (TPSA) is 21.3 Å². The van der Waals surface area contributed by atoms with Gasteiger partial charge in [0, 0.05) is 19.3 Å². The van der Waals surface area contributed by atoms with Crippen molar-refractivity contribution in [2.75, 3.05) is 19.8 Å². The van der Waals surface area contributed by atoms with Gasteiger partial charge in [0.05, 0.1) is 0 Å². The zero-order valence-electron chi connectivity index (χ0n) is 9.72. The average molecular weight is 199 g/mol. The highest BCUT2D eigenvalue weighted by atomic mass is 16.5. The van der Waals surface area contributed by atoms with Crippen molar-refractivity contribution in [1.29, 1.82) is 0 Å². The van der Waals surface area contributed by atoms with Crippen LogP contribution in [0.15, 0.2) is 0 Å². The fourth-order valence-electron chi connectivity index (χ4n) is 1.86. The Morgan fingerprint density at radius 1 is 1.36 bits per heavy atom. The summed E-state index contributed by atoms with van der Waals surface area (Å²) < 4.78 is 5.58. The average Bonchev–Trinajstić information content (AvgIpc) is 2.63. The summed E-state index contributed by atoms with van der Waals surface area (Å²) >= 11 is 0. The van der Waals surface area contributed by atoms with Crippen molar-refractivity contribution in [1.82, 2.24) is 5.32 Å². The van der Waals surface area contributed by atoms with Gasteiger partial charge >= 0.3 is 0 Å². The van der Waals surface area contributed by atoms with Gasteiger partial charge < -0.3 is 10.1 Å². The van der Waals surface area contributed by atoms with Crippen molar-refractivity contribution in [3.63, 3.8) is 0 Å². The van der Waals surface area contributed by atoms with E-state index >= 15 is 0 Å². The SMILES string of the molecule is CC(C)CCOCCCC1CCCN1. The van der Waals surface area contributed by atoms with Crippen LogP contribution < -0.4 is 5.32 Å². The van der Waals surface area contributed by atoms with Crippen molar-refractivity contribution < 1.29 is 4.74 Å². The van der Waals surface area contributed by atoms with Crippen LogP contribution >= 0.6 is 0 Å². The van der Waals surface area contributed by atoms with Crippen LogP contribution in [0.3, 0.4) is 0 Å². The lowest BCUT2D eigenvalue weighted by Gasteiger charge is -2.10. The molecule has 84 valence electrons. The van der Waals surface area contributed by atoms with Gasteiger partial charge in [-0.2, -0.15) is 0 Å². The monoisotopic (exact) mass is 199 g/mol. The van der Waals surface area contributed by atoms with Crippen LogP contribution in [0.1, 0.15) is 46.0 Å².